The zero-order valence-electron chi connectivity index (χ0n) is 14.7. The van der Waals surface area contributed by atoms with Crippen molar-refractivity contribution in [3.05, 3.63) is 0 Å². The summed E-state index contributed by atoms with van der Waals surface area (Å²) in [5.41, 5.74) is 0. The molecule has 24 heavy (non-hydrogen) atoms. The Balaban J connectivity index is 1.78. The number of nitrogens with zero attached hydrogens (tertiary/aromatic N) is 2. The van der Waals surface area contributed by atoms with Crippen LogP contribution in [0.5, 0.6) is 0 Å². The fourth-order valence-electron chi connectivity index (χ4n) is 4.42. The zero-order chi connectivity index (χ0) is 17.2. The van der Waals surface area contributed by atoms with Crippen molar-refractivity contribution < 1.29 is 17.9 Å². The predicted molar refractivity (Wildman–Crippen MR) is 92.1 cm³/mol. The van der Waals surface area contributed by atoms with Crippen LogP contribution in [0.2, 0.25) is 0 Å². The smallest absolute Gasteiger partial charge is 0.241 e. The Morgan fingerprint density at radius 2 is 1.83 bits per heavy atom. The fourth-order valence-corrected chi connectivity index (χ4v) is 6.16. The van der Waals surface area contributed by atoms with E-state index < -0.39 is 16.1 Å². The van der Waals surface area contributed by atoms with E-state index >= 15 is 0 Å². The number of piperidine rings is 1. The van der Waals surface area contributed by atoms with E-state index in [0.29, 0.717) is 32.5 Å². The minimum Gasteiger partial charge on any atom is -0.374 e. The van der Waals surface area contributed by atoms with E-state index in [2.05, 4.69) is 0 Å². The lowest BCUT2D eigenvalue weighted by atomic mass is 9.89. The van der Waals surface area contributed by atoms with Gasteiger partial charge in [0.1, 0.15) is 6.04 Å². The highest BCUT2D eigenvalue weighted by Gasteiger charge is 2.43. The molecule has 3 rings (SSSR count). The van der Waals surface area contributed by atoms with Crippen molar-refractivity contribution in [2.45, 2.75) is 76.5 Å². The van der Waals surface area contributed by atoms with E-state index in [4.69, 9.17) is 4.74 Å². The zero-order valence-corrected chi connectivity index (χ0v) is 15.5. The van der Waals surface area contributed by atoms with Crippen LogP contribution in [-0.2, 0) is 19.6 Å². The molecule has 3 fully saturated rings. The molecule has 3 unspecified atom stereocenters. The first-order valence-electron chi connectivity index (χ1n) is 9.46. The highest BCUT2D eigenvalue weighted by molar-refractivity contribution is 7.89. The van der Waals surface area contributed by atoms with Gasteiger partial charge in [0.05, 0.1) is 24.5 Å². The number of carbonyl (C=O) groups is 1. The van der Waals surface area contributed by atoms with E-state index in [-0.39, 0.29) is 23.8 Å². The largest absolute Gasteiger partial charge is 0.374 e. The first-order valence-corrected chi connectivity index (χ1v) is 11.1. The maximum atomic E-state index is 13.2. The van der Waals surface area contributed by atoms with E-state index in [1.165, 1.54) is 4.31 Å². The van der Waals surface area contributed by atoms with Gasteiger partial charge >= 0.3 is 0 Å². The molecule has 7 heteroatoms. The molecule has 2 saturated heterocycles. The second-order valence-corrected chi connectivity index (χ2v) is 9.27. The second kappa shape index (κ2) is 7.70. The van der Waals surface area contributed by atoms with Gasteiger partial charge in [-0.15, -0.1) is 0 Å². The Hall–Kier alpha value is -0.660. The molecule has 0 aromatic carbocycles. The summed E-state index contributed by atoms with van der Waals surface area (Å²) in [4.78, 5) is 15.2. The average Bonchev–Trinajstić information content (AvgIpc) is 2.60. The van der Waals surface area contributed by atoms with E-state index in [1.807, 2.05) is 11.8 Å². The molecule has 1 saturated carbocycles. The second-order valence-electron chi connectivity index (χ2n) is 7.23. The summed E-state index contributed by atoms with van der Waals surface area (Å²) >= 11 is 0. The third-order valence-corrected chi connectivity index (χ3v) is 7.65. The van der Waals surface area contributed by atoms with Gasteiger partial charge in [-0.25, -0.2) is 8.42 Å². The first-order chi connectivity index (χ1) is 11.5. The summed E-state index contributed by atoms with van der Waals surface area (Å²) in [6.07, 6.45) is 7.41. The Morgan fingerprint density at radius 1 is 1.08 bits per heavy atom. The van der Waals surface area contributed by atoms with Crippen molar-refractivity contribution in [1.29, 1.82) is 0 Å². The number of sulfonamides is 1. The number of hydrogen-bond acceptors (Lipinski definition) is 4. The number of rotatable bonds is 4. The Labute approximate surface area is 145 Å². The van der Waals surface area contributed by atoms with E-state index in [9.17, 15) is 13.2 Å². The molecule has 1 amide bonds. The van der Waals surface area contributed by atoms with Crippen LogP contribution < -0.4 is 0 Å². The molecule has 2 aliphatic heterocycles. The number of carbonyl (C=O) groups excluding carboxylic acids is 1. The van der Waals surface area contributed by atoms with Crippen LogP contribution in [0.1, 0.15) is 58.3 Å². The third-order valence-electron chi connectivity index (χ3n) is 5.57. The maximum absolute atomic E-state index is 13.2. The fraction of sp³-hybridized carbons (Fsp3) is 0.941. The SMILES string of the molecule is CCCS(=O)(=O)N1CCCCC1C(=O)N1CCOC2CCCCC21. The van der Waals surface area contributed by atoms with Crippen LogP contribution in [0.15, 0.2) is 0 Å². The van der Waals surface area contributed by atoms with Crippen molar-refractivity contribution in [2.24, 2.45) is 0 Å². The van der Waals surface area contributed by atoms with Gasteiger partial charge in [0.25, 0.3) is 0 Å². The summed E-state index contributed by atoms with van der Waals surface area (Å²) in [5, 5.41) is 0. The molecule has 0 N–H and O–H groups in total. The van der Waals surface area contributed by atoms with Crippen LogP contribution in [0.25, 0.3) is 0 Å². The Morgan fingerprint density at radius 3 is 2.62 bits per heavy atom. The number of morpholine rings is 1. The van der Waals surface area contributed by atoms with Crippen molar-refractivity contribution in [3.8, 4) is 0 Å². The lowest BCUT2D eigenvalue weighted by Crippen LogP contribution is -2.61. The van der Waals surface area contributed by atoms with Gasteiger partial charge in [-0.05, 0) is 32.1 Å². The van der Waals surface area contributed by atoms with Crippen molar-refractivity contribution in [2.75, 3.05) is 25.4 Å². The molecule has 0 aromatic rings. The monoisotopic (exact) mass is 358 g/mol. The minimum absolute atomic E-state index is 0.00887. The molecule has 2 heterocycles. The van der Waals surface area contributed by atoms with Gasteiger partial charge in [0.15, 0.2) is 0 Å². The molecule has 3 atom stereocenters. The van der Waals surface area contributed by atoms with Gasteiger partial charge in [-0.3, -0.25) is 4.79 Å². The lowest BCUT2D eigenvalue weighted by Gasteiger charge is -2.46. The average molecular weight is 359 g/mol. The highest BCUT2D eigenvalue weighted by Crippen LogP contribution is 2.31. The highest BCUT2D eigenvalue weighted by atomic mass is 32.2. The third kappa shape index (κ3) is 3.63. The summed E-state index contributed by atoms with van der Waals surface area (Å²) in [6, 6.07) is -0.367. The molecule has 0 bridgehead atoms. The molecule has 0 aromatic heterocycles. The van der Waals surface area contributed by atoms with Crippen molar-refractivity contribution in [3.63, 3.8) is 0 Å². The molecule has 6 nitrogen and oxygen atoms in total. The summed E-state index contributed by atoms with van der Waals surface area (Å²) in [5.74, 6) is 0.140. The van der Waals surface area contributed by atoms with Crippen molar-refractivity contribution in [1.82, 2.24) is 9.21 Å². The van der Waals surface area contributed by atoms with Gasteiger partial charge in [-0.2, -0.15) is 4.31 Å². The van der Waals surface area contributed by atoms with E-state index in [1.54, 1.807) is 0 Å². The van der Waals surface area contributed by atoms with Crippen LogP contribution in [0.3, 0.4) is 0 Å². The lowest BCUT2D eigenvalue weighted by molar-refractivity contribution is -0.154. The number of ether oxygens (including phenoxy) is 1. The quantitative estimate of drug-likeness (QED) is 0.768. The molecular formula is C17H30N2O4S. The summed E-state index contributed by atoms with van der Waals surface area (Å²) in [7, 11) is -3.34. The predicted octanol–water partition coefficient (Wildman–Crippen LogP) is 1.75. The number of fused-ring (bicyclic) bond motifs is 1. The standard InChI is InChI=1S/C17H30N2O4S/c1-2-13-24(21,22)19-10-6-5-8-15(19)17(20)18-11-12-23-16-9-4-3-7-14(16)18/h14-16H,2-13H2,1H3. The van der Waals surface area contributed by atoms with Crippen molar-refractivity contribution >= 4 is 15.9 Å². The van der Waals surface area contributed by atoms with Gasteiger partial charge in [0.2, 0.25) is 15.9 Å². The maximum Gasteiger partial charge on any atom is 0.241 e. The molecular weight excluding hydrogens is 328 g/mol. The first kappa shape index (κ1) is 18.1. The Kier molecular flexibility index (Phi) is 5.82. The minimum atomic E-state index is -3.34. The molecule has 0 spiro atoms. The van der Waals surface area contributed by atoms with Crippen LogP contribution in [0, 0.1) is 0 Å². The molecule has 138 valence electrons. The van der Waals surface area contributed by atoms with E-state index in [0.717, 1.165) is 38.5 Å². The molecule has 0 radical (unpaired) electrons. The number of hydrogen-bond donors (Lipinski definition) is 0. The molecule has 3 aliphatic rings. The van der Waals surface area contributed by atoms with Gasteiger partial charge in [0, 0.05) is 13.1 Å². The summed E-state index contributed by atoms with van der Waals surface area (Å²) < 4.78 is 32.5. The normalized spacial score (nSPS) is 32.4. The Bertz CT molecular complexity index is 549. The van der Waals surface area contributed by atoms with Crippen LogP contribution in [-0.4, -0.2) is 67.2 Å². The number of amides is 1. The van der Waals surface area contributed by atoms with Crippen LogP contribution in [0.4, 0.5) is 0 Å². The van der Waals surface area contributed by atoms with Crippen LogP contribution >= 0.6 is 0 Å². The summed E-state index contributed by atoms with van der Waals surface area (Å²) in [6.45, 7) is 3.52. The van der Waals surface area contributed by atoms with Gasteiger partial charge in [-0.1, -0.05) is 26.2 Å². The topological polar surface area (TPSA) is 66.9 Å². The molecule has 1 aliphatic carbocycles. The van der Waals surface area contributed by atoms with Gasteiger partial charge < -0.3 is 9.64 Å².